The first kappa shape index (κ1) is 16.4. The average Bonchev–Trinajstić information content (AvgIpc) is 2.40. The van der Waals surface area contributed by atoms with Gasteiger partial charge in [0.1, 0.15) is 5.82 Å². The molecule has 0 spiro atoms. The van der Waals surface area contributed by atoms with Crippen LogP contribution in [0.3, 0.4) is 0 Å². The molecule has 2 N–H and O–H groups in total. The van der Waals surface area contributed by atoms with Crippen molar-refractivity contribution in [2.75, 3.05) is 13.7 Å². The molecule has 1 aromatic rings. The van der Waals surface area contributed by atoms with Crippen molar-refractivity contribution >= 4 is 10.0 Å². The van der Waals surface area contributed by atoms with Crippen molar-refractivity contribution in [1.29, 1.82) is 0 Å². The molecule has 2 rings (SSSR count). The standard InChI is InChI=1S/C14H20FNO4S/c1-10-12(15)6-11(8-17)7-13(10)21(18,19)16-9-14(20-2)4-3-5-14/h6-7,16-17H,3-5,8-9H2,1-2H3. The molecule has 1 aliphatic rings. The van der Waals surface area contributed by atoms with E-state index in [1.165, 1.54) is 13.0 Å². The second-order valence-electron chi connectivity index (χ2n) is 5.42. The van der Waals surface area contributed by atoms with Crippen LogP contribution in [0.15, 0.2) is 17.0 Å². The van der Waals surface area contributed by atoms with Crippen molar-refractivity contribution in [2.24, 2.45) is 0 Å². The minimum Gasteiger partial charge on any atom is -0.392 e. The topological polar surface area (TPSA) is 75.6 Å². The van der Waals surface area contributed by atoms with E-state index in [9.17, 15) is 12.8 Å². The summed E-state index contributed by atoms with van der Waals surface area (Å²) < 4.78 is 46.3. The van der Waals surface area contributed by atoms with Crippen LogP contribution in [0.5, 0.6) is 0 Å². The van der Waals surface area contributed by atoms with E-state index in [0.29, 0.717) is 0 Å². The summed E-state index contributed by atoms with van der Waals surface area (Å²) in [7, 11) is -2.29. The maximum Gasteiger partial charge on any atom is 0.241 e. The number of benzene rings is 1. The summed E-state index contributed by atoms with van der Waals surface area (Å²) in [5, 5.41) is 9.09. The third kappa shape index (κ3) is 3.26. The van der Waals surface area contributed by atoms with Crippen LogP contribution in [-0.2, 0) is 21.4 Å². The Labute approximate surface area is 124 Å². The second-order valence-corrected chi connectivity index (χ2v) is 7.16. The third-order valence-electron chi connectivity index (χ3n) is 4.11. The number of sulfonamides is 1. The molecule has 0 bridgehead atoms. The Morgan fingerprint density at radius 3 is 2.57 bits per heavy atom. The van der Waals surface area contributed by atoms with E-state index in [-0.39, 0.29) is 22.6 Å². The van der Waals surface area contributed by atoms with Gasteiger partial charge >= 0.3 is 0 Å². The van der Waals surface area contributed by atoms with Gasteiger partial charge in [0.15, 0.2) is 0 Å². The number of ether oxygens (including phenoxy) is 1. The largest absolute Gasteiger partial charge is 0.392 e. The minimum atomic E-state index is -3.85. The second kappa shape index (κ2) is 6.00. The van der Waals surface area contributed by atoms with Gasteiger partial charge in [-0.05, 0) is 43.9 Å². The van der Waals surface area contributed by atoms with Crippen molar-refractivity contribution in [3.05, 3.63) is 29.1 Å². The van der Waals surface area contributed by atoms with Crippen LogP contribution in [-0.4, -0.2) is 32.8 Å². The molecule has 0 unspecified atom stereocenters. The molecule has 0 amide bonds. The molecule has 5 nitrogen and oxygen atoms in total. The van der Waals surface area contributed by atoms with E-state index < -0.39 is 28.0 Å². The van der Waals surface area contributed by atoms with E-state index in [2.05, 4.69) is 4.72 Å². The van der Waals surface area contributed by atoms with Crippen molar-refractivity contribution in [3.8, 4) is 0 Å². The lowest BCUT2D eigenvalue weighted by atomic mass is 9.80. The predicted octanol–water partition coefficient (Wildman–Crippen LogP) is 1.47. The number of halogens is 1. The average molecular weight is 317 g/mol. The molecule has 0 aliphatic heterocycles. The van der Waals surface area contributed by atoms with E-state index in [1.807, 2.05) is 0 Å². The maximum absolute atomic E-state index is 13.7. The fourth-order valence-electron chi connectivity index (χ4n) is 2.41. The first-order valence-electron chi connectivity index (χ1n) is 6.78. The van der Waals surface area contributed by atoms with Crippen molar-refractivity contribution in [2.45, 2.75) is 43.3 Å². The molecule has 0 radical (unpaired) electrons. The Morgan fingerprint density at radius 1 is 1.43 bits per heavy atom. The highest BCUT2D eigenvalue weighted by Gasteiger charge is 2.38. The summed E-state index contributed by atoms with van der Waals surface area (Å²) >= 11 is 0. The predicted molar refractivity (Wildman–Crippen MR) is 75.8 cm³/mol. The van der Waals surface area contributed by atoms with E-state index in [1.54, 1.807) is 7.11 Å². The van der Waals surface area contributed by atoms with Crippen LogP contribution >= 0.6 is 0 Å². The SMILES string of the molecule is COC1(CNS(=O)(=O)c2cc(CO)cc(F)c2C)CCC1. The fourth-order valence-corrected chi connectivity index (χ4v) is 3.82. The summed E-state index contributed by atoms with van der Waals surface area (Å²) in [4.78, 5) is -0.142. The van der Waals surface area contributed by atoms with Gasteiger partial charge in [-0.25, -0.2) is 17.5 Å². The van der Waals surface area contributed by atoms with Gasteiger partial charge in [-0.15, -0.1) is 0 Å². The van der Waals surface area contributed by atoms with Crippen LogP contribution in [0.2, 0.25) is 0 Å². The smallest absolute Gasteiger partial charge is 0.241 e. The highest BCUT2D eigenvalue weighted by molar-refractivity contribution is 7.89. The molecule has 1 aromatic carbocycles. The lowest BCUT2D eigenvalue weighted by Gasteiger charge is -2.40. The molecule has 1 fully saturated rings. The number of nitrogens with one attached hydrogen (secondary N) is 1. The molecule has 0 saturated heterocycles. The summed E-state index contributed by atoms with van der Waals surface area (Å²) in [6.45, 7) is 1.15. The summed E-state index contributed by atoms with van der Waals surface area (Å²) in [5.74, 6) is -0.646. The summed E-state index contributed by atoms with van der Waals surface area (Å²) in [6.07, 6.45) is 2.61. The number of rotatable bonds is 6. The van der Waals surface area contributed by atoms with Gasteiger partial charge < -0.3 is 9.84 Å². The fraction of sp³-hybridized carbons (Fsp3) is 0.571. The Kier molecular flexibility index (Phi) is 4.67. The van der Waals surface area contributed by atoms with Crippen LogP contribution in [0.4, 0.5) is 4.39 Å². The highest BCUT2D eigenvalue weighted by Crippen LogP contribution is 2.34. The third-order valence-corrected chi connectivity index (χ3v) is 5.64. The van der Waals surface area contributed by atoms with E-state index in [0.717, 1.165) is 25.3 Å². The molecule has 7 heteroatoms. The molecule has 118 valence electrons. The highest BCUT2D eigenvalue weighted by atomic mass is 32.2. The molecule has 1 saturated carbocycles. The van der Waals surface area contributed by atoms with Gasteiger partial charge in [-0.2, -0.15) is 0 Å². The number of hydrogen-bond acceptors (Lipinski definition) is 4. The van der Waals surface area contributed by atoms with Crippen LogP contribution in [0.25, 0.3) is 0 Å². The first-order valence-corrected chi connectivity index (χ1v) is 8.26. The van der Waals surface area contributed by atoms with Crippen LogP contribution in [0, 0.1) is 12.7 Å². The van der Waals surface area contributed by atoms with Gasteiger partial charge in [0.2, 0.25) is 10.0 Å². The number of aliphatic hydroxyl groups is 1. The van der Waals surface area contributed by atoms with Crippen LogP contribution in [0.1, 0.15) is 30.4 Å². The van der Waals surface area contributed by atoms with Gasteiger partial charge in [-0.3, -0.25) is 0 Å². The Balaban J connectivity index is 2.25. The monoisotopic (exact) mass is 317 g/mol. The first-order chi connectivity index (χ1) is 9.83. The van der Waals surface area contributed by atoms with Gasteiger partial charge in [0.25, 0.3) is 0 Å². The Bertz CT molecular complexity index is 621. The lowest BCUT2D eigenvalue weighted by Crippen LogP contribution is -2.49. The quantitative estimate of drug-likeness (QED) is 0.833. The van der Waals surface area contributed by atoms with Crippen LogP contribution < -0.4 is 4.72 Å². The summed E-state index contributed by atoms with van der Waals surface area (Å²) in [5.41, 5.74) is -0.183. The minimum absolute atomic E-state index is 0.0415. The summed E-state index contributed by atoms with van der Waals surface area (Å²) in [6, 6.07) is 2.43. The molecule has 0 atom stereocenters. The number of hydrogen-bond donors (Lipinski definition) is 2. The van der Waals surface area contributed by atoms with Gasteiger partial charge in [0.05, 0.1) is 17.1 Å². The zero-order valence-corrected chi connectivity index (χ0v) is 13.0. The molecule has 0 aromatic heterocycles. The number of aliphatic hydroxyl groups excluding tert-OH is 1. The van der Waals surface area contributed by atoms with Crippen molar-refractivity contribution < 1.29 is 22.7 Å². The molecule has 21 heavy (non-hydrogen) atoms. The molecule has 0 heterocycles. The van der Waals surface area contributed by atoms with E-state index >= 15 is 0 Å². The molecular weight excluding hydrogens is 297 g/mol. The normalized spacial score (nSPS) is 17.5. The maximum atomic E-state index is 13.7. The Hall–Kier alpha value is -1.02. The van der Waals surface area contributed by atoms with Gasteiger partial charge in [0, 0.05) is 19.2 Å². The Morgan fingerprint density at radius 2 is 2.10 bits per heavy atom. The zero-order chi connectivity index (χ0) is 15.7. The molecular formula is C14H20FNO4S. The number of methoxy groups -OCH3 is 1. The van der Waals surface area contributed by atoms with E-state index in [4.69, 9.17) is 9.84 Å². The van der Waals surface area contributed by atoms with Crippen molar-refractivity contribution in [3.63, 3.8) is 0 Å². The zero-order valence-electron chi connectivity index (χ0n) is 12.1. The van der Waals surface area contributed by atoms with Crippen molar-refractivity contribution in [1.82, 2.24) is 4.72 Å². The lowest BCUT2D eigenvalue weighted by molar-refractivity contribution is -0.0659. The van der Waals surface area contributed by atoms with Gasteiger partial charge in [-0.1, -0.05) is 0 Å². The molecule has 1 aliphatic carbocycles.